The fourth-order valence-electron chi connectivity index (χ4n) is 2.43. The number of nitrogens with zero attached hydrogens (tertiary/aromatic N) is 4. The monoisotopic (exact) mass is 326 g/mol. The molecular formula is C17H22N6O. The molecule has 3 aromatic rings. The van der Waals surface area contributed by atoms with E-state index >= 15 is 0 Å². The summed E-state index contributed by atoms with van der Waals surface area (Å²) in [6.07, 6.45) is 0.921. The summed E-state index contributed by atoms with van der Waals surface area (Å²) in [5.41, 5.74) is 2.84. The molecule has 0 spiro atoms. The van der Waals surface area contributed by atoms with E-state index in [1.54, 1.807) is 11.6 Å². The van der Waals surface area contributed by atoms with Crippen LogP contribution in [-0.2, 0) is 11.3 Å². The number of nitrogens with one attached hydrogen (secondary N) is 2. The number of aryl methyl sites for hydroxylation is 1. The molecule has 0 radical (unpaired) electrons. The first-order valence-electron chi connectivity index (χ1n) is 8.01. The fourth-order valence-corrected chi connectivity index (χ4v) is 2.43. The van der Waals surface area contributed by atoms with Gasteiger partial charge in [-0.2, -0.15) is 4.52 Å². The third kappa shape index (κ3) is 3.80. The van der Waals surface area contributed by atoms with Gasteiger partial charge in [0, 0.05) is 32.9 Å². The summed E-state index contributed by atoms with van der Waals surface area (Å²) in [6, 6.07) is 12.2. The van der Waals surface area contributed by atoms with Crippen LogP contribution >= 0.6 is 0 Å². The van der Waals surface area contributed by atoms with Crippen molar-refractivity contribution in [2.45, 2.75) is 19.9 Å². The van der Waals surface area contributed by atoms with Gasteiger partial charge in [-0.15, -0.1) is 15.3 Å². The third-order valence-corrected chi connectivity index (χ3v) is 3.68. The van der Waals surface area contributed by atoms with E-state index in [0.717, 1.165) is 49.1 Å². The highest BCUT2D eigenvalue weighted by molar-refractivity contribution is 5.70. The van der Waals surface area contributed by atoms with E-state index in [-0.39, 0.29) is 0 Å². The van der Waals surface area contributed by atoms with E-state index in [1.165, 1.54) is 5.56 Å². The van der Waals surface area contributed by atoms with Crippen molar-refractivity contribution in [3.05, 3.63) is 47.8 Å². The van der Waals surface area contributed by atoms with E-state index in [9.17, 15) is 0 Å². The Labute approximate surface area is 141 Å². The molecule has 0 unspecified atom stereocenters. The molecule has 2 heterocycles. The van der Waals surface area contributed by atoms with Crippen LogP contribution in [0.2, 0.25) is 0 Å². The first kappa shape index (κ1) is 16.2. The van der Waals surface area contributed by atoms with Gasteiger partial charge in [-0.1, -0.05) is 30.3 Å². The van der Waals surface area contributed by atoms with Crippen molar-refractivity contribution in [3.8, 4) is 0 Å². The molecule has 0 saturated carbocycles. The van der Waals surface area contributed by atoms with Gasteiger partial charge in [0.1, 0.15) is 5.82 Å². The van der Waals surface area contributed by atoms with Crippen molar-refractivity contribution in [1.29, 1.82) is 0 Å². The molecule has 0 amide bonds. The lowest BCUT2D eigenvalue weighted by atomic mass is 10.2. The zero-order valence-electron chi connectivity index (χ0n) is 14.0. The summed E-state index contributed by atoms with van der Waals surface area (Å²) in [7, 11) is 1.70. The van der Waals surface area contributed by atoms with Crippen molar-refractivity contribution < 1.29 is 4.74 Å². The molecule has 126 valence electrons. The number of fused-ring (bicyclic) bond motifs is 1. The zero-order valence-corrected chi connectivity index (χ0v) is 14.0. The maximum Gasteiger partial charge on any atom is 0.201 e. The average Bonchev–Trinajstić information content (AvgIpc) is 2.99. The summed E-state index contributed by atoms with van der Waals surface area (Å²) < 4.78 is 6.83. The molecule has 0 aliphatic carbocycles. The van der Waals surface area contributed by atoms with Crippen molar-refractivity contribution in [2.24, 2.45) is 0 Å². The van der Waals surface area contributed by atoms with Crippen LogP contribution in [0.3, 0.4) is 0 Å². The van der Waals surface area contributed by atoms with Gasteiger partial charge >= 0.3 is 0 Å². The Kier molecular flexibility index (Phi) is 5.22. The molecule has 2 N–H and O–H groups in total. The number of methoxy groups -OCH3 is 1. The highest BCUT2D eigenvalue weighted by Crippen LogP contribution is 2.20. The topological polar surface area (TPSA) is 76.4 Å². The maximum absolute atomic E-state index is 5.07. The Hall–Kier alpha value is -2.67. The van der Waals surface area contributed by atoms with E-state index in [4.69, 9.17) is 4.74 Å². The van der Waals surface area contributed by atoms with Crippen LogP contribution in [0.5, 0.6) is 0 Å². The molecule has 7 heteroatoms. The Bertz CT molecular complexity index is 786. The van der Waals surface area contributed by atoms with Crippen LogP contribution < -0.4 is 10.6 Å². The number of ether oxygens (including phenoxy) is 1. The molecule has 1 aromatic carbocycles. The Morgan fingerprint density at radius 3 is 2.75 bits per heavy atom. The fraction of sp³-hybridized carbons (Fsp3) is 0.353. The SMILES string of the molecule is COCCCNc1cc(NCc2ccccc2)c2nnc(C)n2n1. The van der Waals surface area contributed by atoms with Crippen LogP contribution in [0.4, 0.5) is 11.5 Å². The molecule has 0 aliphatic heterocycles. The number of hydrogen-bond acceptors (Lipinski definition) is 6. The minimum absolute atomic E-state index is 0.718. The Morgan fingerprint density at radius 2 is 1.96 bits per heavy atom. The van der Waals surface area contributed by atoms with E-state index in [1.807, 2.05) is 31.2 Å². The standard InChI is InChI=1S/C17H22N6O/c1-13-20-21-17-15(19-12-14-7-4-3-5-8-14)11-16(22-23(13)17)18-9-6-10-24-2/h3-5,7-8,11,19H,6,9-10,12H2,1-2H3,(H,18,22). The molecule has 0 fully saturated rings. The van der Waals surface area contributed by atoms with Gasteiger partial charge in [0.2, 0.25) is 5.65 Å². The van der Waals surface area contributed by atoms with Gasteiger partial charge in [-0.25, -0.2) is 0 Å². The summed E-state index contributed by atoms with van der Waals surface area (Å²) in [6.45, 7) is 4.13. The molecule has 0 saturated heterocycles. The highest BCUT2D eigenvalue weighted by Gasteiger charge is 2.10. The zero-order chi connectivity index (χ0) is 16.8. The van der Waals surface area contributed by atoms with Gasteiger partial charge in [0.25, 0.3) is 0 Å². The van der Waals surface area contributed by atoms with Gasteiger partial charge in [-0.3, -0.25) is 0 Å². The normalized spacial score (nSPS) is 10.9. The molecule has 2 aromatic heterocycles. The Balaban J connectivity index is 1.79. The second kappa shape index (κ2) is 7.74. The number of benzene rings is 1. The van der Waals surface area contributed by atoms with Gasteiger partial charge in [0.15, 0.2) is 5.82 Å². The predicted molar refractivity (Wildman–Crippen MR) is 94.3 cm³/mol. The lowest BCUT2D eigenvalue weighted by molar-refractivity contribution is 0.197. The first-order chi connectivity index (χ1) is 11.8. The van der Waals surface area contributed by atoms with Gasteiger partial charge < -0.3 is 15.4 Å². The molecular weight excluding hydrogens is 304 g/mol. The number of rotatable bonds is 8. The average molecular weight is 326 g/mol. The van der Waals surface area contributed by atoms with E-state index in [0.29, 0.717) is 0 Å². The van der Waals surface area contributed by atoms with Crippen molar-refractivity contribution in [2.75, 3.05) is 30.9 Å². The van der Waals surface area contributed by atoms with Gasteiger partial charge in [0.05, 0.1) is 5.69 Å². The second-order valence-electron chi connectivity index (χ2n) is 5.54. The number of aromatic nitrogens is 4. The number of hydrogen-bond donors (Lipinski definition) is 2. The quantitative estimate of drug-likeness (QED) is 0.619. The number of anilines is 2. The maximum atomic E-state index is 5.07. The van der Waals surface area contributed by atoms with Crippen molar-refractivity contribution in [3.63, 3.8) is 0 Å². The lowest BCUT2D eigenvalue weighted by Gasteiger charge is -2.11. The lowest BCUT2D eigenvalue weighted by Crippen LogP contribution is -2.10. The van der Waals surface area contributed by atoms with Crippen molar-refractivity contribution >= 4 is 17.2 Å². The molecule has 0 bridgehead atoms. The summed E-state index contributed by atoms with van der Waals surface area (Å²) >= 11 is 0. The summed E-state index contributed by atoms with van der Waals surface area (Å²) in [5, 5.41) is 19.6. The minimum Gasteiger partial charge on any atom is -0.385 e. The molecule has 24 heavy (non-hydrogen) atoms. The minimum atomic E-state index is 0.718. The molecule has 0 atom stereocenters. The van der Waals surface area contributed by atoms with E-state index < -0.39 is 0 Å². The predicted octanol–water partition coefficient (Wildman–Crippen LogP) is 2.49. The van der Waals surface area contributed by atoms with Crippen LogP contribution in [0, 0.1) is 6.92 Å². The van der Waals surface area contributed by atoms with Gasteiger partial charge in [-0.05, 0) is 18.9 Å². The highest BCUT2D eigenvalue weighted by atomic mass is 16.5. The van der Waals surface area contributed by atoms with Crippen LogP contribution in [0.1, 0.15) is 17.8 Å². The Morgan fingerprint density at radius 1 is 1.12 bits per heavy atom. The first-order valence-corrected chi connectivity index (χ1v) is 8.01. The summed E-state index contributed by atoms with van der Waals surface area (Å²) in [4.78, 5) is 0. The van der Waals surface area contributed by atoms with Crippen molar-refractivity contribution in [1.82, 2.24) is 19.8 Å². The van der Waals surface area contributed by atoms with Crippen LogP contribution in [0.15, 0.2) is 36.4 Å². The summed E-state index contributed by atoms with van der Waals surface area (Å²) in [5.74, 6) is 1.55. The van der Waals surface area contributed by atoms with E-state index in [2.05, 4.69) is 38.1 Å². The second-order valence-corrected chi connectivity index (χ2v) is 5.54. The largest absolute Gasteiger partial charge is 0.385 e. The van der Waals surface area contributed by atoms with Crippen LogP contribution in [0.25, 0.3) is 5.65 Å². The third-order valence-electron chi connectivity index (χ3n) is 3.68. The van der Waals surface area contributed by atoms with Crippen LogP contribution in [-0.4, -0.2) is 40.1 Å². The molecule has 7 nitrogen and oxygen atoms in total. The molecule has 3 rings (SSSR count). The smallest absolute Gasteiger partial charge is 0.201 e. The molecule has 0 aliphatic rings.